The lowest BCUT2D eigenvalue weighted by molar-refractivity contribution is -0.123. The fourth-order valence-corrected chi connectivity index (χ4v) is 5.11. The fourth-order valence-electron chi connectivity index (χ4n) is 3.15. The summed E-state index contributed by atoms with van der Waals surface area (Å²) in [5, 5.41) is 0.520. The molecule has 3 aromatic rings. The van der Waals surface area contributed by atoms with E-state index in [1.807, 2.05) is 12.1 Å². The molecule has 7 nitrogen and oxygen atoms in total. The summed E-state index contributed by atoms with van der Waals surface area (Å²) in [6, 6.07) is 13.6. The Labute approximate surface area is 223 Å². The molecule has 1 fully saturated rings. The van der Waals surface area contributed by atoms with E-state index in [2.05, 4.69) is 20.7 Å². The Bertz CT molecular complexity index is 1320. The maximum atomic E-state index is 12.8. The van der Waals surface area contributed by atoms with Crippen LogP contribution in [0.5, 0.6) is 5.75 Å². The molecule has 2 aromatic carbocycles. The number of hydrogen-bond acceptors (Lipinski definition) is 7. The lowest BCUT2D eigenvalue weighted by Gasteiger charge is -2.12. The number of hydrogen-bond donors (Lipinski definition) is 0. The molecule has 11 heteroatoms. The molecule has 0 spiro atoms. The van der Waals surface area contributed by atoms with Gasteiger partial charge in [-0.2, -0.15) is 0 Å². The normalized spacial score (nSPS) is 14.6. The van der Waals surface area contributed by atoms with Crippen LogP contribution in [-0.2, 0) is 22.7 Å². The van der Waals surface area contributed by atoms with E-state index in [0.717, 1.165) is 22.2 Å². The van der Waals surface area contributed by atoms with Crippen molar-refractivity contribution in [2.24, 2.45) is 0 Å². The zero-order valence-electron chi connectivity index (χ0n) is 18.0. The zero-order valence-corrected chi connectivity index (χ0v) is 22.0. The SMILES string of the molecule is COC(=O)c1ccc(CN2C(=O)S/C(=C/c3cc(Cl)c(OCc4ccc(Cl)cc4)c(Br)c3)C2=O)o1. The average molecular weight is 597 g/mol. The molecule has 1 aliphatic heterocycles. The quantitative estimate of drug-likeness (QED) is 0.215. The van der Waals surface area contributed by atoms with E-state index < -0.39 is 17.1 Å². The third-order valence-corrected chi connectivity index (χ3v) is 6.88. The van der Waals surface area contributed by atoms with E-state index >= 15 is 0 Å². The molecule has 1 saturated heterocycles. The van der Waals surface area contributed by atoms with Crippen LogP contribution in [-0.4, -0.2) is 29.1 Å². The van der Waals surface area contributed by atoms with Crippen molar-refractivity contribution in [2.45, 2.75) is 13.2 Å². The number of rotatable bonds is 7. The smallest absolute Gasteiger partial charge is 0.373 e. The van der Waals surface area contributed by atoms with Gasteiger partial charge in [-0.25, -0.2) is 4.79 Å². The van der Waals surface area contributed by atoms with E-state index in [-0.39, 0.29) is 29.6 Å². The average Bonchev–Trinajstić information content (AvgIpc) is 3.39. The number of amides is 2. The number of nitrogens with zero attached hydrogens (tertiary/aromatic N) is 1. The van der Waals surface area contributed by atoms with Crippen LogP contribution in [0.4, 0.5) is 4.79 Å². The van der Waals surface area contributed by atoms with Crippen molar-refractivity contribution in [1.29, 1.82) is 0 Å². The lowest BCUT2D eigenvalue weighted by atomic mass is 10.2. The summed E-state index contributed by atoms with van der Waals surface area (Å²) < 4.78 is 16.4. The number of furan rings is 1. The molecule has 0 radical (unpaired) electrons. The first kappa shape index (κ1) is 25.4. The van der Waals surface area contributed by atoms with Crippen molar-refractivity contribution in [3.8, 4) is 5.75 Å². The summed E-state index contributed by atoms with van der Waals surface area (Å²) in [6.45, 7) is 0.180. The topological polar surface area (TPSA) is 86.0 Å². The molecule has 0 saturated carbocycles. The van der Waals surface area contributed by atoms with Crippen molar-refractivity contribution in [3.05, 3.63) is 90.6 Å². The van der Waals surface area contributed by atoms with Crippen LogP contribution >= 0.6 is 50.9 Å². The van der Waals surface area contributed by atoms with E-state index in [4.69, 9.17) is 32.4 Å². The minimum atomic E-state index is -0.645. The predicted octanol–water partition coefficient (Wildman–Crippen LogP) is 6.95. The highest BCUT2D eigenvalue weighted by molar-refractivity contribution is 9.10. The molecule has 2 heterocycles. The summed E-state index contributed by atoms with van der Waals surface area (Å²) in [7, 11) is 1.23. The number of carbonyl (C=O) groups excluding carboxylic acids is 3. The Balaban J connectivity index is 1.47. The van der Waals surface area contributed by atoms with Gasteiger partial charge >= 0.3 is 5.97 Å². The number of esters is 1. The largest absolute Gasteiger partial charge is 0.486 e. The van der Waals surface area contributed by atoms with E-state index in [1.165, 1.54) is 19.2 Å². The molecule has 0 aliphatic carbocycles. The van der Waals surface area contributed by atoms with Crippen LogP contribution in [0.25, 0.3) is 6.08 Å². The van der Waals surface area contributed by atoms with Crippen molar-refractivity contribution in [2.75, 3.05) is 7.11 Å². The Kier molecular flexibility index (Phi) is 7.91. The van der Waals surface area contributed by atoms with Crippen molar-refractivity contribution in [3.63, 3.8) is 0 Å². The van der Waals surface area contributed by atoms with Crippen molar-refractivity contribution >= 4 is 74.1 Å². The summed E-state index contributed by atoms with van der Waals surface area (Å²) >= 11 is 16.6. The number of thioether (sulfide) groups is 1. The Morgan fingerprint density at radius 1 is 1.14 bits per heavy atom. The van der Waals surface area contributed by atoms with Crippen LogP contribution in [0, 0.1) is 0 Å². The number of methoxy groups -OCH3 is 1. The lowest BCUT2D eigenvalue weighted by Crippen LogP contribution is -2.27. The summed E-state index contributed by atoms with van der Waals surface area (Å²) in [6.07, 6.45) is 1.58. The maximum absolute atomic E-state index is 12.8. The van der Waals surface area contributed by atoms with Gasteiger partial charge in [-0.05, 0) is 81.3 Å². The first-order valence-electron chi connectivity index (χ1n) is 10.0. The van der Waals surface area contributed by atoms with Crippen molar-refractivity contribution < 1.29 is 28.3 Å². The van der Waals surface area contributed by atoms with Crippen molar-refractivity contribution in [1.82, 2.24) is 4.90 Å². The van der Waals surface area contributed by atoms with Crippen LogP contribution in [0.15, 0.2) is 62.3 Å². The molecule has 0 N–H and O–H groups in total. The second kappa shape index (κ2) is 10.9. The van der Waals surface area contributed by atoms with Gasteiger partial charge in [0.25, 0.3) is 11.1 Å². The second-order valence-electron chi connectivity index (χ2n) is 7.25. The summed E-state index contributed by atoms with van der Waals surface area (Å²) in [5.74, 6) is -0.407. The predicted molar refractivity (Wildman–Crippen MR) is 136 cm³/mol. The molecule has 4 rings (SSSR count). The van der Waals surface area contributed by atoms with Gasteiger partial charge in [-0.1, -0.05) is 35.3 Å². The third-order valence-electron chi connectivity index (χ3n) is 4.85. The van der Waals surface area contributed by atoms with Gasteiger partial charge in [0.05, 0.1) is 28.1 Å². The first-order valence-corrected chi connectivity index (χ1v) is 12.4. The molecular weight excluding hydrogens is 581 g/mol. The minimum Gasteiger partial charge on any atom is -0.486 e. The minimum absolute atomic E-state index is 0.0112. The number of halogens is 3. The first-order chi connectivity index (χ1) is 16.7. The highest BCUT2D eigenvalue weighted by atomic mass is 79.9. The third kappa shape index (κ3) is 5.92. The molecule has 180 valence electrons. The standard InChI is InChI=1S/C24H16BrCl2NO6S/c1-32-23(30)19-7-6-16(34-19)11-28-22(29)20(35-24(28)31)10-14-8-17(25)21(18(27)9-14)33-12-13-2-4-15(26)5-3-13/h2-10H,11-12H2,1H3/b20-10+. The van der Waals surface area contributed by atoms with E-state index in [1.54, 1.807) is 30.3 Å². The Hall–Kier alpha value is -2.72. The molecular formula is C24H16BrCl2NO6S. The Morgan fingerprint density at radius 2 is 1.89 bits per heavy atom. The number of carbonyl (C=O) groups is 3. The molecule has 1 aromatic heterocycles. The molecule has 1 aliphatic rings. The highest BCUT2D eigenvalue weighted by Crippen LogP contribution is 2.38. The molecule has 35 heavy (non-hydrogen) atoms. The molecule has 0 atom stereocenters. The highest BCUT2D eigenvalue weighted by Gasteiger charge is 2.36. The van der Waals surface area contributed by atoms with Crippen LogP contribution in [0.1, 0.15) is 27.4 Å². The van der Waals surface area contributed by atoms with E-state index in [9.17, 15) is 14.4 Å². The fraction of sp³-hybridized carbons (Fsp3) is 0.125. The van der Waals surface area contributed by atoms with Crippen LogP contribution in [0.2, 0.25) is 10.0 Å². The van der Waals surface area contributed by atoms with Gasteiger partial charge in [0.15, 0.2) is 5.75 Å². The maximum Gasteiger partial charge on any atom is 0.373 e. The molecule has 0 unspecified atom stereocenters. The van der Waals surface area contributed by atoms with Gasteiger partial charge < -0.3 is 13.9 Å². The summed E-state index contributed by atoms with van der Waals surface area (Å²) in [5.41, 5.74) is 1.53. The van der Waals surface area contributed by atoms with Gasteiger partial charge in [0, 0.05) is 5.02 Å². The molecule has 2 amide bonds. The van der Waals surface area contributed by atoms with Crippen LogP contribution < -0.4 is 4.74 Å². The van der Waals surface area contributed by atoms with Gasteiger partial charge in [0.2, 0.25) is 5.76 Å². The number of benzene rings is 2. The number of ether oxygens (including phenoxy) is 2. The summed E-state index contributed by atoms with van der Waals surface area (Å²) in [4.78, 5) is 38.1. The van der Waals surface area contributed by atoms with Gasteiger partial charge in [-0.3, -0.25) is 14.5 Å². The van der Waals surface area contributed by atoms with E-state index in [0.29, 0.717) is 25.8 Å². The monoisotopic (exact) mass is 595 g/mol. The zero-order chi connectivity index (χ0) is 25.1. The number of imide groups is 1. The van der Waals surface area contributed by atoms with Gasteiger partial charge in [-0.15, -0.1) is 0 Å². The molecule has 0 bridgehead atoms. The second-order valence-corrected chi connectivity index (χ2v) is 9.95. The van der Waals surface area contributed by atoms with Crippen LogP contribution in [0.3, 0.4) is 0 Å². The Morgan fingerprint density at radius 3 is 2.57 bits per heavy atom. The van der Waals surface area contributed by atoms with Gasteiger partial charge in [0.1, 0.15) is 12.4 Å².